The number of halogens is 2. The van der Waals surface area contributed by atoms with Crippen LogP contribution in [-0.4, -0.2) is 45.1 Å². The molecule has 1 aliphatic rings. The zero-order valence-electron chi connectivity index (χ0n) is 17.4. The Morgan fingerprint density at radius 2 is 1.97 bits per heavy atom. The molecule has 0 aliphatic carbocycles. The van der Waals surface area contributed by atoms with Crippen molar-refractivity contribution in [3.8, 4) is 17.1 Å². The Kier molecular flexibility index (Phi) is 6.45. The summed E-state index contributed by atoms with van der Waals surface area (Å²) in [6.07, 6.45) is 0.174. The predicted octanol–water partition coefficient (Wildman–Crippen LogP) is 3.12. The van der Waals surface area contributed by atoms with E-state index in [2.05, 4.69) is 20.3 Å². The molecule has 9 nitrogen and oxygen atoms in total. The second kappa shape index (κ2) is 9.45. The number of alkyl halides is 2. The van der Waals surface area contributed by atoms with Gasteiger partial charge in [0.15, 0.2) is 5.82 Å². The fourth-order valence-electron chi connectivity index (χ4n) is 3.52. The van der Waals surface area contributed by atoms with Crippen LogP contribution in [0.1, 0.15) is 13.3 Å². The monoisotopic (exact) mass is 474 g/mol. The Labute approximate surface area is 191 Å². The van der Waals surface area contributed by atoms with Crippen molar-refractivity contribution in [1.82, 2.24) is 14.9 Å². The summed E-state index contributed by atoms with van der Waals surface area (Å²) < 4.78 is 30.2. The summed E-state index contributed by atoms with van der Waals surface area (Å²) in [4.78, 5) is 26.8. The molecule has 3 aromatic rings. The van der Waals surface area contributed by atoms with E-state index in [-0.39, 0.29) is 35.8 Å². The molecule has 12 heteroatoms. The van der Waals surface area contributed by atoms with Crippen molar-refractivity contribution in [2.24, 2.45) is 0 Å². The Balaban J connectivity index is 1.48. The van der Waals surface area contributed by atoms with Gasteiger partial charge in [0, 0.05) is 18.0 Å². The summed E-state index contributed by atoms with van der Waals surface area (Å²) in [5, 5.41) is 11.2. The van der Waals surface area contributed by atoms with Crippen LogP contribution in [0.15, 0.2) is 53.7 Å². The number of benzene rings is 2. The third-order valence-corrected chi connectivity index (χ3v) is 5.88. The molecular formula is C21H20F2N6O3S. The molecule has 172 valence electrons. The number of carbonyl (C=O) groups excluding carboxylic acids is 2. The zero-order valence-corrected chi connectivity index (χ0v) is 18.3. The maximum Gasteiger partial charge on any atom is 0.387 e. The zero-order chi connectivity index (χ0) is 23.5. The van der Waals surface area contributed by atoms with E-state index in [0.29, 0.717) is 27.9 Å². The largest absolute Gasteiger partial charge is 0.435 e. The highest BCUT2D eigenvalue weighted by molar-refractivity contribution is 7.99. The molecule has 2 amide bonds. The van der Waals surface area contributed by atoms with Crippen LogP contribution in [0.25, 0.3) is 11.4 Å². The maximum atomic E-state index is 13.1. The summed E-state index contributed by atoms with van der Waals surface area (Å²) in [5.41, 5.74) is 1.75. The number of nitrogens with zero attached hydrogens (tertiary/aromatic N) is 4. The first kappa shape index (κ1) is 22.5. The predicted molar refractivity (Wildman–Crippen MR) is 120 cm³/mol. The highest BCUT2D eigenvalue weighted by Gasteiger charge is 2.29. The van der Waals surface area contributed by atoms with E-state index < -0.39 is 6.61 Å². The van der Waals surface area contributed by atoms with E-state index in [1.807, 2.05) is 6.92 Å². The number of aromatic nitrogens is 3. The lowest BCUT2D eigenvalue weighted by atomic mass is 10.2. The number of nitrogens with two attached hydrogens (primary N) is 1. The smallest absolute Gasteiger partial charge is 0.387 e. The van der Waals surface area contributed by atoms with Gasteiger partial charge in [-0.05, 0) is 43.3 Å². The minimum atomic E-state index is -2.91. The van der Waals surface area contributed by atoms with Crippen molar-refractivity contribution in [2.45, 2.75) is 31.2 Å². The first-order valence-electron chi connectivity index (χ1n) is 9.93. The van der Waals surface area contributed by atoms with Crippen LogP contribution in [0.2, 0.25) is 0 Å². The highest BCUT2D eigenvalue weighted by Crippen LogP contribution is 2.32. The van der Waals surface area contributed by atoms with E-state index in [0.717, 1.165) is 11.8 Å². The Hall–Kier alpha value is -3.67. The standard InChI is InChI=1S/C21H20F2N6O3S/c1-12-10-17(30)25-15-4-2-3-5-16(15)28(12)18(31)11-33-21-27-26-19(29(21)24)13-6-8-14(9-7-13)32-20(22)23/h2-9,12,20H,10-11,24H2,1H3,(H,25,30). The van der Waals surface area contributed by atoms with Gasteiger partial charge in [0.25, 0.3) is 0 Å². The molecule has 0 bridgehead atoms. The second-order valence-corrected chi connectivity index (χ2v) is 8.19. The third kappa shape index (κ3) is 4.90. The first-order chi connectivity index (χ1) is 15.8. The Morgan fingerprint density at radius 1 is 1.24 bits per heavy atom. The normalized spacial score (nSPS) is 15.7. The van der Waals surface area contributed by atoms with Crippen LogP contribution in [0.3, 0.4) is 0 Å². The van der Waals surface area contributed by atoms with Gasteiger partial charge in [-0.1, -0.05) is 23.9 Å². The molecule has 1 aliphatic heterocycles. The van der Waals surface area contributed by atoms with Crippen molar-refractivity contribution in [2.75, 3.05) is 21.8 Å². The topological polar surface area (TPSA) is 115 Å². The van der Waals surface area contributed by atoms with Gasteiger partial charge in [0.05, 0.1) is 17.1 Å². The second-order valence-electron chi connectivity index (χ2n) is 7.25. The number of carbonyl (C=O) groups is 2. The summed E-state index contributed by atoms with van der Waals surface area (Å²) in [6.45, 7) is -1.10. The molecule has 2 aromatic carbocycles. The molecule has 0 saturated heterocycles. The number of ether oxygens (including phenoxy) is 1. The molecule has 33 heavy (non-hydrogen) atoms. The molecule has 1 aromatic heterocycles. The lowest BCUT2D eigenvalue weighted by molar-refractivity contribution is -0.117. The van der Waals surface area contributed by atoms with Crippen molar-refractivity contribution < 1.29 is 23.1 Å². The lowest BCUT2D eigenvalue weighted by Crippen LogP contribution is -2.40. The molecule has 4 rings (SSSR count). The Bertz CT molecular complexity index is 1170. The van der Waals surface area contributed by atoms with E-state index in [1.165, 1.54) is 28.9 Å². The molecular weight excluding hydrogens is 454 g/mol. The van der Waals surface area contributed by atoms with E-state index >= 15 is 0 Å². The minimum absolute atomic E-state index is 0.0110. The van der Waals surface area contributed by atoms with Gasteiger partial charge >= 0.3 is 6.61 Å². The van der Waals surface area contributed by atoms with Gasteiger partial charge in [0.2, 0.25) is 17.0 Å². The minimum Gasteiger partial charge on any atom is -0.435 e. The lowest BCUT2D eigenvalue weighted by Gasteiger charge is -2.27. The van der Waals surface area contributed by atoms with Crippen molar-refractivity contribution >= 4 is 35.0 Å². The quantitative estimate of drug-likeness (QED) is 0.417. The number of nitrogens with one attached hydrogen (secondary N) is 1. The van der Waals surface area contributed by atoms with E-state index in [9.17, 15) is 18.4 Å². The number of fused-ring (bicyclic) bond motifs is 1. The summed E-state index contributed by atoms with van der Waals surface area (Å²) in [5.74, 6) is 6.07. The summed E-state index contributed by atoms with van der Waals surface area (Å²) in [6, 6.07) is 12.6. The highest BCUT2D eigenvalue weighted by atomic mass is 32.2. The van der Waals surface area contributed by atoms with Crippen LogP contribution in [-0.2, 0) is 9.59 Å². The SMILES string of the molecule is CC1CC(=O)Nc2ccccc2N1C(=O)CSc1nnc(-c2ccc(OC(F)F)cc2)n1N. The van der Waals surface area contributed by atoms with Crippen LogP contribution >= 0.6 is 11.8 Å². The van der Waals surface area contributed by atoms with Crippen LogP contribution in [0, 0.1) is 0 Å². The van der Waals surface area contributed by atoms with Crippen LogP contribution in [0.5, 0.6) is 5.75 Å². The van der Waals surface area contributed by atoms with Gasteiger partial charge in [-0.15, -0.1) is 10.2 Å². The van der Waals surface area contributed by atoms with Gasteiger partial charge in [-0.3, -0.25) is 9.59 Å². The summed E-state index contributed by atoms with van der Waals surface area (Å²) in [7, 11) is 0. The molecule has 1 atom stereocenters. The van der Waals surface area contributed by atoms with E-state index in [4.69, 9.17) is 5.84 Å². The van der Waals surface area contributed by atoms with Gasteiger partial charge < -0.3 is 20.8 Å². The van der Waals surface area contributed by atoms with Crippen LogP contribution < -0.4 is 20.8 Å². The number of amides is 2. The van der Waals surface area contributed by atoms with Gasteiger partial charge in [-0.2, -0.15) is 8.78 Å². The maximum absolute atomic E-state index is 13.1. The van der Waals surface area contributed by atoms with Gasteiger partial charge in [-0.25, -0.2) is 4.68 Å². The molecule has 3 N–H and O–H groups in total. The number of hydrogen-bond acceptors (Lipinski definition) is 7. The summed E-state index contributed by atoms with van der Waals surface area (Å²) >= 11 is 1.10. The third-order valence-electron chi connectivity index (χ3n) is 4.95. The number of nitrogen functional groups attached to an aromatic ring is 1. The molecule has 0 fully saturated rings. The number of para-hydroxylation sites is 2. The average Bonchev–Trinajstić information content (AvgIpc) is 3.07. The Morgan fingerprint density at radius 3 is 2.70 bits per heavy atom. The van der Waals surface area contributed by atoms with Crippen molar-refractivity contribution in [3.05, 3.63) is 48.5 Å². The number of anilines is 2. The first-order valence-corrected chi connectivity index (χ1v) is 10.9. The van der Waals surface area contributed by atoms with Gasteiger partial charge in [0.1, 0.15) is 5.75 Å². The average molecular weight is 474 g/mol. The molecule has 1 unspecified atom stereocenters. The number of hydrogen-bond donors (Lipinski definition) is 2. The van der Waals surface area contributed by atoms with Crippen molar-refractivity contribution in [1.29, 1.82) is 0 Å². The molecule has 0 saturated carbocycles. The molecule has 0 radical (unpaired) electrons. The molecule has 2 heterocycles. The molecule has 0 spiro atoms. The number of rotatable bonds is 6. The van der Waals surface area contributed by atoms with Crippen LogP contribution in [0.4, 0.5) is 20.2 Å². The fourth-order valence-corrected chi connectivity index (χ4v) is 4.24. The van der Waals surface area contributed by atoms with E-state index in [1.54, 1.807) is 29.2 Å². The fraction of sp³-hybridized carbons (Fsp3) is 0.238. The number of thioether (sulfide) groups is 1. The van der Waals surface area contributed by atoms with Crippen molar-refractivity contribution in [3.63, 3.8) is 0 Å².